The molecule has 0 saturated heterocycles. The van der Waals surface area contributed by atoms with E-state index in [9.17, 15) is 33.6 Å². The van der Waals surface area contributed by atoms with Crippen molar-refractivity contribution in [1.29, 1.82) is 0 Å². The molecule has 0 radical (unpaired) electrons. The molecule has 468 valence electrons. The van der Waals surface area contributed by atoms with Gasteiger partial charge in [0, 0.05) is 92.3 Å². The number of ketones is 1. The number of pyridine rings is 7. The van der Waals surface area contributed by atoms with Crippen LogP contribution in [-0.2, 0) is 14.3 Å². The molecule has 90 heavy (non-hydrogen) atoms. The number of carboxylic acid groups (broad SMARTS) is 1. The average molecular weight is 1410 g/mol. The molecule has 11 aromatic rings. The Morgan fingerprint density at radius 1 is 0.500 bits per heavy atom. The Hall–Kier alpha value is -6.86. The Morgan fingerprint density at radius 2 is 0.822 bits per heavy atom. The van der Waals surface area contributed by atoms with Crippen molar-refractivity contribution in [2.75, 3.05) is 20.0 Å². The molecule has 0 bridgehead atoms. The molecule has 19 nitrogen and oxygen atoms in total. The molecule has 0 atom stereocenters. The van der Waals surface area contributed by atoms with Gasteiger partial charge in [0.05, 0.1) is 79.2 Å². The number of thiol groups is 1. The molecule has 11 rings (SSSR count). The SMILES string of the molecule is C.CC(=O)c1cc2c(C)cncc2s1.COC(=O)CS.COC(=O)c1cc2c(C)cncc2s1.Cc1cncc(Cl)c1C=O.Cc1cncc2sc(C(=O)O)cc12.Cc1cncc2sc(C(N)=O)cc12.Clc1cncc(Cl)c1.O=Cc1c(Cl)cncc1Cl.[Li+].[OH-]. The molecule has 0 saturated carbocycles. The van der Waals surface area contributed by atoms with Gasteiger partial charge < -0.3 is 25.8 Å². The second-order valence-electron chi connectivity index (χ2n) is 17.3. The number of aromatic carboxylic acids is 1. The average Bonchev–Trinajstić information content (AvgIpc) is 3.57. The summed E-state index contributed by atoms with van der Waals surface area (Å²) in [6.07, 6.45) is 24.3. The number of ether oxygens (including phenoxy) is 2. The van der Waals surface area contributed by atoms with Crippen LogP contribution in [0.1, 0.15) is 102 Å². The molecule has 1 amide bonds. The van der Waals surface area contributed by atoms with Gasteiger partial charge >= 0.3 is 36.8 Å². The van der Waals surface area contributed by atoms with Crippen LogP contribution in [0.25, 0.3) is 40.3 Å². The second-order valence-corrected chi connectivity index (χ2v) is 24.0. The number of aryl methyl sites for hydroxylation is 5. The first kappa shape index (κ1) is 81.1. The van der Waals surface area contributed by atoms with Gasteiger partial charge in [0.25, 0.3) is 5.91 Å². The van der Waals surface area contributed by atoms with E-state index < -0.39 is 5.97 Å². The Bertz CT molecular complexity index is 3900. The predicted molar refractivity (Wildman–Crippen MR) is 362 cm³/mol. The number of carboxylic acids is 1. The summed E-state index contributed by atoms with van der Waals surface area (Å²) in [4.78, 5) is 104. The molecule has 0 aliphatic heterocycles. The van der Waals surface area contributed by atoms with Gasteiger partial charge in [-0.1, -0.05) is 65.4 Å². The third-order valence-electron chi connectivity index (χ3n) is 11.1. The normalized spacial score (nSPS) is 9.62. The van der Waals surface area contributed by atoms with E-state index in [1.165, 1.54) is 90.6 Å². The van der Waals surface area contributed by atoms with Crippen LogP contribution in [0.5, 0.6) is 0 Å². The molecule has 0 aromatic carbocycles. The summed E-state index contributed by atoms with van der Waals surface area (Å²) in [6, 6.07) is 8.94. The minimum atomic E-state index is -0.874. The van der Waals surface area contributed by atoms with Gasteiger partial charge in [0.15, 0.2) is 18.4 Å². The van der Waals surface area contributed by atoms with Crippen molar-refractivity contribution in [2.45, 2.75) is 49.0 Å². The number of aldehydes is 2. The monoisotopic (exact) mass is 1410 g/mol. The molecular formula is C60H56Cl5LiN8O11S5. The number of nitrogens with two attached hydrogens (primary N) is 1. The zero-order chi connectivity index (χ0) is 64.5. The number of carbonyl (C=O) groups excluding carboxylic acids is 6. The minimum absolute atomic E-state index is 0. The minimum Gasteiger partial charge on any atom is -0.870 e. The fourth-order valence-electron chi connectivity index (χ4n) is 6.66. The third kappa shape index (κ3) is 24.7. The molecule has 0 fully saturated rings. The van der Waals surface area contributed by atoms with Crippen LogP contribution < -0.4 is 24.6 Å². The topological polar surface area (TPSA) is 304 Å². The molecule has 0 aliphatic carbocycles. The van der Waals surface area contributed by atoms with Crippen molar-refractivity contribution >= 4 is 198 Å². The number of rotatable bonds is 7. The zero-order valence-electron chi connectivity index (χ0n) is 48.6. The summed E-state index contributed by atoms with van der Waals surface area (Å²) in [6.45, 7) is 11.3. The molecule has 0 unspecified atom stereocenters. The number of halogens is 5. The zero-order valence-corrected chi connectivity index (χ0v) is 56.5. The fourth-order valence-corrected chi connectivity index (χ4v) is 11.8. The van der Waals surface area contributed by atoms with E-state index in [0.29, 0.717) is 47.1 Å². The largest absolute Gasteiger partial charge is 1.00 e. The molecule has 11 heterocycles. The maximum atomic E-state index is 11.3. The predicted octanol–water partition coefficient (Wildman–Crippen LogP) is 13.2. The number of methoxy groups -OCH3 is 2. The summed E-state index contributed by atoms with van der Waals surface area (Å²) in [5.74, 6) is -1.54. The first-order valence-electron chi connectivity index (χ1n) is 24.6. The van der Waals surface area contributed by atoms with E-state index >= 15 is 0 Å². The van der Waals surface area contributed by atoms with Crippen LogP contribution in [0.2, 0.25) is 25.1 Å². The Labute approximate surface area is 576 Å². The maximum Gasteiger partial charge on any atom is 1.00 e. The van der Waals surface area contributed by atoms with Crippen molar-refractivity contribution in [3.63, 3.8) is 0 Å². The Balaban J connectivity index is 0.000000517. The number of carbonyl (C=O) groups is 7. The van der Waals surface area contributed by atoms with Crippen molar-refractivity contribution < 1.29 is 72.5 Å². The molecule has 30 heteroatoms. The molecule has 0 aliphatic rings. The van der Waals surface area contributed by atoms with Crippen molar-refractivity contribution in [1.82, 2.24) is 34.9 Å². The van der Waals surface area contributed by atoms with E-state index in [4.69, 9.17) is 68.8 Å². The van der Waals surface area contributed by atoms with E-state index in [-0.39, 0.29) is 71.2 Å². The van der Waals surface area contributed by atoms with Gasteiger partial charge in [-0.3, -0.25) is 58.9 Å². The second kappa shape index (κ2) is 40.8. The molecule has 11 aromatic heterocycles. The van der Waals surface area contributed by atoms with Gasteiger partial charge in [0.2, 0.25) is 0 Å². The van der Waals surface area contributed by atoms with Crippen LogP contribution in [0.15, 0.2) is 117 Å². The number of hydrogen-bond donors (Lipinski definition) is 3. The van der Waals surface area contributed by atoms with E-state index in [0.717, 1.165) is 79.3 Å². The van der Waals surface area contributed by atoms with Crippen LogP contribution in [0.4, 0.5) is 0 Å². The Kier molecular flexibility index (Phi) is 36.8. The number of thiophene rings is 4. The molecular weight excluding hydrogens is 1350 g/mol. The van der Waals surface area contributed by atoms with Gasteiger partial charge in [0.1, 0.15) is 9.75 Å². The quantitative estimate of drug-likeness (QED) is 0.0439. The summed E-state index contributed by atoms with van der Waals surface area (Å²) in [5.41, 5.74) is 11.1. The number of nitrogens with zero attached hydrogens (tertiary/aromatic N) is 7. The van der Waals surface area contributed by atoms with Gasteiger partial charge in [-0.05, 0) is 121 Å². The first-order valence-corrected chi connectivity index (χ1v) is 30.4. The van der Waals surface area contributed by atoms with E-state index in [1.807, 2.05) is 52.1 Å². The van der Waals surface area contributed by atoms with Crippen molar-refractivity contribution in [3.05, 3.63) is 201 Å². The number of hydrogen-bond acceptors (Lipinski definition) is 22. The maximum absolute atomic E-state index is 11.3. The van der Waals surface area contributed by atoms with Crippen LogP contribution >= 0.6 is 116 Å². The van der Waals surface area contributed by atoms with Gasteiger partial charge in [-0.15, -0.1) is 45.3 Å². The smallest absolute Gasteiger partial charge is 0.870 e. The summed E-state index contributed by atoms with van der Waals surface area (Å²) >= 11 is 36.9. The van der Waals surface area contributed by atoms with Crippen LogP contribution in [0.3, 0.4) is 0 Å². The number of fused-ring (bicyclic) bond motifs is 4. The summed E-state index contributed by atoms with van der Waals surface area (Å²) in [5, 5.41) is 15.1. The summed E-state index contributed by atoms with van der Waals surface area (Å²) < 4.78 is 12.9. The van der Waals surface area contributed by atoms with E-state index in [2.05, 4.69) is 57.0 Å². The summed E-state index contributed by atoms with van der Waals surface area (Å²) in [7, 11) is 2.72. The Morgan fingerprint density at radius 3 is 1.11 bits per heavy atom. The molecule has 0 spiro atoms. The van der Waals surface area contributed by atoms with Gasteiger partial charge in [-0.2, -0.15) is 12.6 Å². The number of aromatic nitrogens is 7. The van der Waals surface area contributed by atoms with Crippen molar-refractivity contribution in [2.24, 2.45) is 5.73 Å². The van der Waals surface area contributed by atoms with E-state index in [1.54, 1.807) is 75.6 Å². The van der Waals surface area contributed by atoms with Crippen LogP contribution in [0, 0.1) is 34.6 Å². The standard InChI is InChI=1S/C10H9NO2S.C10H9NOS.C9H8N2OS.C9H7NO2S.C7H6ClNO.C6H3Cl2NO.C5H3Cl2N.C3H6O2S.CH4.Li.H2O/c1-6-4-11-5-9-7(6)3-8(14-9)10(12)13-2;1-6-4-11-5-10-8(6)3-9(13-10)7(2)12;1-5-3-11-4-8-6(5)2-7(13-8)9(10)12;1-5-3-10-4-8-6(5)2-7(13-8)9(11)12;1-5-2-9-3-7(8)6(5)4-10;7-5-1-9-2-6(8)4(5)3-10;6-4-1-5(7)3-8-2-4;1-5-3(4)2-6;;;/h3-5H,1-2H3;3-5H,1-2H3;2-4H,1H3,(H2,10,12);2-4H,1H3,(H,11,12);2-4H,1H3;1-3H;1-3H;6H,2H2,1H3;1H4;;1H2/q;;;;;;;;;+1;/p-1. The fraction of sp³-hybridized carbons (Fsp3) is 0.167. The van der Waals surface area contributed by atoms with Crippen molar-refractivity contribution in [3.8, 4) is 0 Å². The number of amides is 1. The number of primary amides is 1. The number of esters is 2. The first-order chi connectivity index (χ1) is 41.4. The van der Waals surface area contributed by atoms with Gasteiger partial charge in [-0.25, -0.2) is 9.59 Å². The third-order valence-corrected chi connectivity index (χ3v) is 17.0. The molecule has 4 N–H and O–H groups in total. The van der Waals surface area contributed by atoms with Crippen LogP contribution in [-0.4, -0.2) is 108 Å². The number of Topliss-reactive ketones (excluding diaryl/α,β-unsaturated/α-hetero) is 1.